The average molecular weight is 567 g/mol. The van der Waals surface area contributed by atoms with Gasteiger partial charge in [-0.3, -0.25) is 19.3 Å². The number of nitrogens with two attached hydrogens (primary N) is 1. The molecule has 234 valence electrons. The summed E-state index contributed by atoms with van der Waals surface area (Å²) in [5, 5.41) is 9.78. The minimum atomic E-state index is -1.34. The van der Waals surface area contributed by atoms with E-state index in [0.29, 0.717) is 12.8 Å². The molecule has 0 bridgehead atoms. The summed E-state index contributed by atoms with van der Waals surface area (Å²) >= 11 is 0. The van der Waals surface area contributed by atoms with E-state index in [0.717, 1.165) is 43.4 Å². The molecule has 1 atom stereocenters. The molecule has 0 spiro atoms. The minimum absolute atomic E-state index is 0.140. The van der Waals surface area contributed by atoms with E-state index in [9.17, 15) is 24.3 Å². The van der Waals surface area contributed by atoms with Gasteiger partial charge in [-0.05, 0) is 19.3 Å². The predicted octanol–water partition coefficient (Wildman–Crippen LogP) is 8.46. The highest BCUT2D eigenvalue weighted by molar-refractivity contribution is 5.99. The topological polar surface area (TPSA) is 118 Å². The van der Waals surface area contributed by atoms with Crippen molar-refractivity contribution in [1.29, 1.82) is 0 Å². The van der Waals surface area contributed by atoms with E-state index in [1.54, 1.807) is 0 Å². The number of hydrogen-bond donors (Lipinski definition) is 2. The zero-order valence-corrected chi connectivity index (χ0v) is 26.1. The molecular formula is C33H62N2O5. The number of carboxylic acid groups (broad SMARTS) is 1. The highest BCUT2D eigenvalue weighted by Crippen LogP contribution is 2.18. The average Bonchev–Trinajstić information content (AvgIpc) is 2.92. The van der Waals surface area contributed by atoms with Gasteiger partial charge in [0.15, 0.2) is 0 Å². The number of hydrogen-bond acceptors (Lipinski definition) is 4. The summed E-state index contributed by atoms with van der Waals surface area (Å²) in [7, 11) is 0. The standard InChI is InChI=1S/C33H62N2O5/c1-3-5-7-9-11-13-15-17-19-21-23-25-31(37)35(29(33(39)40)27-28-30(34)36)32(38)26-24-22-20-18-16-14-12-10-8-6-4-2/h29H,3-28H2,1-2H3,(H2,34,36)(H,39,40). The van der Waals surface area contributed by atoms with Gasteiger partial charge < -0.3 is 10.8 Å². The smallest absolute Gasteiger partial charge is 0.326 e. The Kier molecular flexibility index (Phi) is 26.0. The van der Waals surface area contributed by atoms with Gasteiger partial charge in [0.05, 0.1) is 0 Å². The number of carbonyl (C=O) groups is 4. The van der Waals surface area contributed by atoms with Crippen molar-refractivity contribution in [3.63, 3.8) is 0 Å². The second kappa shape index (κ2) is 27.3. The highest BCUT2D eigenvalue weighted by atomic mass is 16.4. The van der Waals surface area contributed by atoms with Crippen LogP contribution in [0.5, 0.6) is 0 Å². The Balaban J connectivity index is 4.52. The lowest BCUT2D eigenvalue weighted by molar-refractivity contribution is -0.158. The molecule has 0 aliphatic heterocycles. The fourth-order valence-electron chi connectivity index (χ4n) is 5.25. The summed E-state index contributed by atoms with van der Waals surface area (Å²) < 4.78 is 0. The van der Waals surface area contributed by atoms with Crippen molar-refractivity contribution in [3.8, 4) is 0 Å². The first-order chi connectivity index (χ1) is 19.3. The first kappa shape index (κ1) is 38.1. The van der Waals surface area contributed by atoms with E-state index >= 15 is 0 Å². The van der Waals surface area contributed by atoms with Crippen molar-refractivity contribution in [2.24, 2.45) is 5.73 Å². The summed E-state index contributed by atoms with van der Waals surface area (Å²) in [6.45, 7) is 4.45. The Morgan fingerprint density at radius 1 is 0.525 bits per heavy atom. The van der Waals surface area contributed by atoms with Crippen LogP contribution in [0.25, 0.3) is 0 Å². The van der Waals surface area contributed by atoms with Crippen LogP contribution in [0.1, 0.15) is 181 Å². The van der Waals surface area contributed by atoms with Gasteiger partial charge in [0.1, 0.15) is 6.04 Å². The maximum Gasteiger partial charge on any atom is 0.326 e. The molecule has 3 amide bonds. The van der Waals surface area contributed by atoms with E-state index in [1.807, 2.05) is 0 Å². The molecule has 0 radical (unpaired) electrons. The summed E-state index contributed by atoms with van der Waals surface area (Å²) in [4.78, 5) is 50.3. The first-order valence-electron chi connectivity index (χ1n) is 16.7. The van der Waals surface area contributed by atoms with Crippen molar-refractivity contribution in [3.05, 3.63) is 0 Å². The lowest BCUT2D eigenvalue weighted by Gasteiger charge is -2.27. The first-order valence-corrected chi connectivity index (χ1v) is 16.7. The maximum absolute atomic E-state index is 13.1. The monoisotopic (exact) mass is 566 g/mol. The molecule has 0 aliphatic carbocycles. The molecule has 0 saturated carbocycles. The molecule has 0 heterocycles. The largest absolute Gasteiger partial charge is 0.480 e. The van der Waals surface area contributed by atoms with E-state index in [-0.39, 0.29) is 25.7 Å². The van der Waals surface area contributed by atoms with Crippen LogP contribution in [-0.2, 0) is 19.2 Å². The molecule has 0 aromatic heterocycles. The van der Waals surface area contributed by atoms with E-state index in [4.69, 9.17) is 5.73 Å². The van der Waals surface area contributed by atoms with Gasteiger partial charge in [-0.25, -0.2) is 4.79 Å². The molecular weight excluding hydrogens is 504 g/mol. The Bertz CT molecular complexity index is 629. The third-order valence-corrected chi connectivity index (χ3v) is 7.79. The van der Waals surface area contributed by atoms with E-state index in [1.165, 1.54) is 89.9 Å². The number of carboxylic acids is 1. The number of primary amides is 1. The van der Waals surface area contributed by atoms with E-state index < -0.39 is 29.7 Å². The van der Waals surface area contributed by atoms with Gasteiger partial charge in [0, 0.05) is 19.3 Å². The second-order valence-corrected chi connectivity index (χ2v) is 11.6. The van der Waals surface area contributed by atoms with Crippen molar-refractivity contribution in [2.75, 3.05) is 0 Å². The zero-order chi connectivity index (χ0) is 29.8. The van der Waals surface area contributed by atoms with Gasteiger partial charge in [0.2, 0.25) is 17.7 Å². The van der Waals surface area contributed by atoms with Crippen LogP contribution in [0.4, 0.5) is 0 Å². The van der Waals surface area contributed by atoms with Crippen LogP contribution in [0.3, 0.4) is 0 Å². The summed E-state index contributed by atoms with van der Waals surface area (Å²) in [5.74, 6) is -2.79. The van der Waals surface area contributed by atoms with Crippen LogP contribution < -0.4 is 5.73 Å². The van der Waals surface area contributed by atoms with Gasteiger partial charge in [-0.1, -0.05) is 142 Å². The van der Waals surface area contributed by atoms with Crippen LogP contribution >= 0.6 is 0 Å². The maximum atomic E-state index is 13.1. The third kappa shape index (κ3) is 21.8. The third-order valence-electron chi connectivity index (χ3n) is 7.79. The molecule has 1 unspecified atom stereocenters. The molecule has 0 saturated heterocycles. The van der Waals surface area contributed by atoms with Crippen molar-refractivity contribution in [2.45, 2.75) is 187 Å². The Hall–Kier alpha value is -1.92. The van der Waals surface area contributed by atoms with Crippen LogP contribution in [0.2, 0.25) is 0 Å². The second-order valence-electron chi connectivity index (χ2n) is 11.6. The fraction of sp³-hybridized carbons (Fsp3) is 0.879. The number of imide groups is 1. The molecule has 7 heteroatoms. The quantitative estimate of drug-likeness (QED) is 0.0880. The Labute approximate surface area is 245 Å². The summed E-state index contributed by atoms with van der Waals surface area (Å²) in [6, 6.07) is -1.34. The lowest BCUT2D eigenvalue weighted by Crippen LogP contribution is -2.49. The molecule has 0 aliphatic rings. The van der Waals surface area contributed by atoms with Gasteiger partial charge in [-0.15, -0.1) is 0 Å². The Morgan fingerprint density at radius 3 is 1.10 bits per heavy atom. The summed E-state index contributed by atoms with van der Waals surface area (Å²) in [6.07, 6.45) is 25.3. The molecule has 3 N–H and O–H groups in total. The zero-order valence-electron chi connectivity index (χ0n) is 26.1. The SMILES string of the molecule is CCCCCCCCCCCCCC(=O)N(C(=O)CCCCCCCCCCCCC)C(CCC(N)=O)C(=O)O. The number of unbranched alkanes of at least 4 members (excludes halogenated alkanes) is 20. The van der Waals surface area contributed by atoms with Gasteiger partial charge in [0.25, 0.3) is 0 Å². The van der Waals surface area contributed by atoms with E-state index in [2.05, 4.69) is 13.8 Å². The number of carbonyl (C=O) groups excluding carboxylic acids is 3. The normalized spacial score (nSPS) is 11.8. The predicted molar refractivity (Wildman–Crippen MR) is 164 cm³/mol. The van der Waals surface area contributed by atoms with Gasteiger partial charge >= 0.3 is 5.97 Å². The number of amides is 3. The van der Waals surface area contributed by atoms with Crippen molar-refractivity contribution in [1.82, 2.24) is 4.90 Å². The van der Waals surface area contributed by atoms with Crippen LogP contribution in [0, 0.1) is 0 Å². The van der Waals surface area contributed by atoms with Crippen LogP contribution in [-0.4, -0.2) is 39.7 Å². The molecule has 7 nitrogen and oxygen atoms in total. The number of aliphatic carboxylic acids is 1. The lowest BCUT2D eigenvalue weighted by atomic mass is 10.0. The van der Waals surface area contributed by atoms with Crippen molar-refractivity contribution >= 4 is 23.7 Å². The molecule has 0 aromatic rings. The van der Waals surface area contributed by atoms with Crippen LogP contribution in [0.15, 0.2) is 0 Å². The number of rotatable bonds is 29. The summed E-state index contributed by atoms with van der Waals surface area (Å²) in [5.41, 5.74) is 5.23. The fourth-order valence-corrected chi connectivity index (χ4v) is 5.25. The molecule has 0 fully saturated rings. The molecule has 40 heavy (non-hydrogen) atoms. The highest BCUT2D eigenvalue weighted by Gasteiger charge is 2.34. The molecule has 0 rings (SSSR count). The minimum Gasteiger partial charge on any atom is -0.480 e. The van der Waals surface area contributed by atoms with Gasteiger partial charge in [-0.2, -0.15) is 0 Å². The Morgan fingerprint density at radius 2 is 0.825 bits per heavy atom. The molecule has 0 aromatic carbocycles. The van der Waals surface area contributed by atoms with Crippen molar-refractivity contribution < 1.29 is 24.3 Å². The number of nitrogens with zero attached hydrogens (tertiary/aromatic N) is 1.